The maximum Gasteiger partial charge on any atom is 0.165 e. The molecule has 3 aliphatic heterocycles. The molecular formula is C23H27NO4. The molecule has 0 saturated carbocycles. The molecule has 28 heavy (non-hydrogen) atoms. The van der Waals surface area contributed by atoms with Crippen LogP contribution in [0.4, 0.5) is 0 Å². The van der Waals surface area contributed by atoms with Crippen molar-refractivity contribution in [1.82, 2.24) is 5.06 Å². The first-order valence-corrected chi connectivity index (χ1v) is 10.0. The topological polar surface area (TPSA) is 40.2 Å². The van der Waals surface area contributed by atoms with Crippen LogP contribution in [-0.4, -0.2) is 41.8 Å². The molecule has 3 saturated heterocycles. The highest BCUT2D eigenvalue weighted by Gasteiger charge is 2.71. The molecule has 3 aliphatic rings. The number of ether oxygens (including phenoxy) is 3. The second-order valence-electron chi connectivity index (χ2n) is 8.43. The van der Waals surface area contributed by atoms with Crippen LogP contribution in [0.1, 0.15) is 25.0 Å². The van der Waals surface area contributed by atoms with Crippen LogP contribution in [0, 0.1) is 5.92 Å². The van der Waals surface area contributed by atoms with Crippen molar-refractivity contribution >= 4 is 0 Å². The number of hydrogen-bond donors (Lipinski definition) is 0. The summed E-state index contributed by atoms with van der Waals surface area (Å²) in [4.78, 5) is 6.19. The average molecular weight is 381 g/mol. The summed E-state index contributed by atoms with van der Waals surface area (Å²) in [5.74, 6) is 0.105. The summed E-state index contributed by atoms with van der Waals surface area (Å²) < 4.78 is 19.3. The van der Waals surface area contributed by atoms with Gasteiger partial charge in [-0.25, -0.2) is 0 Å². The Hall–Kier alpha value is -1.76. The van der Waals surface area contributed by atoms with Crippen molar-refractivity contribution in [1.29, 1.82) is 0 Å². The van der Waals surface area contributed by atoms with Crippen LogP contribution in [0.2, 0.25) is 0 Å². The summed E-state index contributed by atoms with van der Waals surface area (Å²) >= 11 is 0. The van der Waals surface area contributed by atoms with Gasteiger partial charge in [-0.15, -0.1) is 0 Å². The maximum atomic E-state index is 6.70. The van der Waals surface area contributed by atoms with E-state index < -0.39 is 5.60 Å². The molecule has 0 spiro atoms. The van der Waals surface area contributed by atoms with Gasteiger partial charge in [0, 0.05) is 5.92 Å². The number of nitrogens with zero attached hydrogens (tertiary/aromatic N) is 1. The lowest BCUT2D eigenvalue weighted by Gasteiger charge is -2.48. The third-order valence-corrected chi connectivity index (χ3v) is 6.31. The Morgan fingerprint density at radius 3 is 2.36 bits per heavy atom. The van der Waals surface area contributed by atoms with Gasteiger partial charge < -0.3 is 14.2 Å². The summed E-state index contributed by atoms with van der Waals surface area (Å²) in [5.41, 5.74) is 1.49. The summed E-state index contributed by atoms with van der Waals surface area (Å²) in [7, 11) is 0. The highest BCUT2D eigenvalue weighted by atomic mass is 16.7. The molecule has 5 rings (SSSR count). The molecule has 3 fully saturated rings. The zero-order valence-electron chi connectivity index (χ0n) is 16.4. The van der Waals surface area contributed by atoms with Gasteiger partial charge in [-0.2, -0.15) is 5.06 Å². The predicted octanol–water partition coefficient (Wildman–Crippen LogP) is 3.54. The largest absolute Gasteiger partial charge is 0.366 e. The standard InChI is InChI=1S/C23H27NO4/c1-22(2)19-15-27-24(13-17-9-5-3-6-10-17)21-23(19,20(28-22)16-25-21)26-14-18-11-7-4-8-12-18/h3-12,19-21H,13-16H2,1-2H3/t19-,20-,21+,23+/m1/s1. The van der Waals surface area contributed by atoms with E-state index in [9.17, 15) is 0 Å². The molecular weight excluding hydrogens is 354 g/mol. The van der Waals surface area contributed by atoms with Gasteiger partial charge in [-0.05, 0) is 25.0 Å². The number of hydrogen-bond acceptors (Lipinski definition) is 5. The monoisotopic (exact) mass is 381 g/mol. The van der Waals surface area contributed by atoms with Gasteiger partial charge in [0.25, 0.3) is 0 Å². The van der Waals surface area contributed by atoms with Crippen LogP contribution < -0.4 is 0 Å². The van der Waals surface area contributed by atoms with Crippen LogP contribution in [-0.2, 0) is 32.2 Å². The van der Waals surface area contributed by atoms with Gasteiger partial charge in [-0.3, -0.25) is 4.84 Å². The molecule has 5 heteroatoms. The fraction of sp³-hybridized carbons (Fsp3) is 0.478. The van der Waals surface area contributed by atoms with Crippen molar-refractivity contribution in [3.63, 3.8) is 0 Å². The molecule has 2 aromatic carbocycles. The second kappa shape index (κ2) is 6.94. The molecule has 0 N–H and O–H groups in total. The van der Waals surface area contributed by atoms with Gasteiger partial charge in [0.15, 0.2) is 6.23 Å². The molecule has 5 nitrogen and oxygen atoms in total. The van der Waals surface area contributed by atoms with Gasteiger partial charge in [0.05, 0.1) is 32.0 Å². The minimum absolute atomic E-state index is 0.0941. The minimum atomic E-state index is -0.535. The molecule has 0 aliphatic carbocycles. The third kappa shape index (κ3) is 2.90. The minimum Gasteiger partial charge on any atom is -0.366 e. The smallest absolute Gasteiger partial charge is 0.165 e. The van der Waals surface area contributed by atoms with E-state index in [1.807, 2.05) is 41.5 Å². The lowest BCUT2D eigenvalue weighted by molar-refractivity contribution is -0.344. The number of benzene rings is 2. The molecule has 148 valence electrons. The number of rotatable bonds is 5. The highest BCUT2D eigenvalue weighted by molar-refractivity contribution is 5.19. The number of hydroxylamine groups is 2. The fourth-order valence-electron chi connectivity index (χ4n) is 4.93. The van der Waals surface area contributed by atoms with Gasteiger partial charge >= 0.3 is 0 Å². The molecule has 4 atom stereocenters. The molecule has 0 unspecified atom stereocenters. The fourth-order valence-corrected chi connectivity index (χ4v) is 4.93. The van der Waals surface area contributed by atoms with E-state index in [0.29, 0.717) is 26.4 Å². The van der Waals surface area contributed by atoms with Crippen molar-refractivity contribution in [2.24, 2.45) is 5.92 Å². The van der Waals surface area contributed by atoms with Crippen LogP contribution in [0.25, 0.3) is 0 Å². The second-order valence-corrected chi connectivity index (χ2v) is 8.43. The van der Waals surface area contributed by atoms with E-state index in [1.54, 1.807) is 0 Å². The van der Waals surface area contributed by atoms with Crippen molar-refractivity contribution in [2.75, 3.05) is 13.2 Å². The highest BCUT2D eigenvalue weighted by Crippen LogP contribution is 2.55. The van der Waals surface area contributed by atoms with Crippen LogP contribution in [0.15, 0.2) is 60.7 Å². The molecule has 0 amide bonds. The molecule has 0 aromatic heterocycles. The van der Waals surface area contributed by atoms with E-state index in [2.05, 4.69) is 38.1 Å². The van der Waals surface area contributed by atoms with E-state index >= 15 is 0 Å². The van der Waals surface area contributed by atoms with Crippen molar-refractivity contribution in [2.45, 2.75) is 50.5 Å². The first-order chi connectivity index (χ1) is 13.6. The first-order valence-electron chi connectivity index (χ1n) is 10.0. The molecule has 0 radical (unpaired) electrons. The average Bonchev–Trinajstić information content (AvgIpc) is 3.17. The molecule has 2 aromatic rings. The lowest BCUT2D eigenvalue weighted by Crippen LogP contribution is -2.64. The Balaban J connectivity index is 1.45. The van der Waals surface area contributed by atoms with Crippen molar-refractivity contribution in [3.05, 3.63) is 71.8 Å². The Morgan fingerprint density at radius 1 is 0.964 bits per heavy atom. The van der Waals surface area contributed by atoms with E-state index in [1.165, 1.54) is 5.56 Å². The first kappa shape index (κ1) is 18.3. The van der Waals surface area contributed by atoms with Gasteiger partial charge in [-0.1, -0.05) is 60.7 Å². The Bertz CT molecular complexity index is 812. The predicted molar refractivity (Wildman–Crippen MR) is 104 cm³/mol. The Kier molecular flexibility index (Phi) is 4.53. The van der Waals surface area contributed by atoms with E-state index in [-0.39, 0.29) is 23.9 Å². The normalized spacial score (nSPS) is 33.7. The summed E-state index contributed by atoms with van der Waals surface area (Å²) in [6.45, 7) is 6.54. The van der Waals surface area contributed by atoms with Gasteiger partial charge in [0.2, 0.25) is 0 Å². The lowest BCUT2D eigenvalue weighted by atomic mass is 9.76. The van der Waals surface area contributed by atoms with Crippen molar-refractivity contribution in [3.8, 4) is 0 Å². The quantitative estimate of drug-likeness (QED) is 0.792. The van der Waals surface area contributed by atoms with Crippen molar-refractivity contribution < 1.29 is 19.0 Å². The molecule has 3 heterocycles. The summed E-state index contributed by atoms with van der Waals surface area (Å²) in [6.07, 6.45) is -0.384. The SMILES string of the molecule is CC1(C)O[C@@H]2CO[C@@H]3N(Cc4ccccc4)OC[C@H]1[C@@]32OCc1ccccc1. The molecule has 0 bridgehead atoms. The maximum absolute atomic E-state index is 6.70. The van der Waals surface area contributed by atoms with E-state index in [4.69, 9.17) is 19.0 Å². The summed E-state index contributed by atoms with van der Waals surface area (Å²) in [5, 5.41) is 1.95. The van der Waals surface area contributed by atoms with Gasteiger partial charge in [0.1, 0.15) is 11.7 Å². The Labute approximate surface area is 166 Å². The van der Waals surface area contributed by atoms with Crippen LogP contribution in [0.3, 0.4) is 0 Å². The van der Waals surface area contributed by atoms with E-state index in [0.717, 1.165) is 5.56 Å². The van der Waals surface area contributed by atoms with Crippen LogP contribution >= 0.6 is 0 Å². The zero-order valence-corrected chi connectivity index (χ0v) is 16.4. The Morgan fingerprint density at radius 2 is 1.64 bits per heavy atom. The zero-order chi connectivity index (χ0) is 19.2. The summed E-state index contributed by atoms with van der Waals surface area (Å²) in [6, 6.07) is 20.6. The van der Waals surface area contributed by atoms with Crippen LogP contribution in [0.5, 0.6) is 0 Å². The third-order valence-electron chi connectivity index (χ3n) is 6.31.